The predicted octanol–water partition coefficient (Wildman–Crippen LogP) is 2.70. The van der Waals surface area contributed by atoms with Gasteiger partial charge in [0.1, 0.15) is 0 Å². The molecule has 3 heteroatoms. The van der Waals surface area contributed by atoms with Gasteiger partial charge in [-0.15, -0.1) is 11.3 Å². The fourth-order valence-electron chi connectivity index (χ4n) is 1.61. The maximum atomic E-state index is 12.7. The first-order valence-electron chi connectivity index (χ1n) is 4.35. The third-order valence-corrected chi connectivity index (χ3v) is 3.24. The Labute approximate surface area is 75.6 Å². The van der Waals surface area contributed by atoms with Crippen molar-refractivity contribution in [3.63, 3.8) is 0 Å². The van der Waals surface area contributed by atoms with Gasteiger partial charge in [0.25, 0.3) is 0 Å². The maximum absolute atomic E-state index is 12.7. The molecule has 0 spiro atoms. The van der Waals surface area contributed by atoms with Crippen molar-refractivity contribution < 1.29 is 4.39 Å². The lowest BCUT2D eigenvalue weighted by atomic mass is 10.0. The number of rotatable bonds is 1. The van der Waals surface area contributed by atoms with E-state index in [1.54, 1.807) is 6.07 Å². The summed E-state index contributed by atoms with van der Waals surface area (Å²) in [5.74, 6) is 0. The number of hydrogen-bond acceptors (Lipinski definition) is 2. The van der Waals surface area contributed by atoms with Gasteiger partial charge in [-0.25, -0.2) is 0 Å². The molecule has 2 rings (SSSR count). The topological polar surface area (TPSA) is 12.0 Å². The van der Waals surface area contributed by atoms with Crippen LogP contribution in [0.25, 0.3) is 0 Å². The van der Waals surface area contributed by atoms with Crippen molar-refractivity contribution in [3.05, 3.63) is 22.1 Å². The number of piperidine rings is 1. The minimum absolute atomic E-state index is 0.0719. The summed E-state index contributed by atoms with van der Waals surface area (Å²) in [7, 11) is 0. The van der Waals surface area contributed by atoms with Crippen LogP contribution in [0.15, 0.2) is 12.1 Å². The molecular formula is C9H12FNS. The van der Waals surface area contributed by atoms with Crippen LogP contribution >= 0.6 is 11.3 Å². The Bertz CT molecular complexity index is 253. The van der Waals surface area contributed by atoms with Gasteiger partial charge in [0.2, 0.25) is 0 Å². The quantitative estimate of drug-likeness (QED) is 0.709. The molecule has 1 N–H and O–H groups in total. The van der Waals surface area contributed by atoms with Gasteiger partial charge in [0.15, 0.2) is 5.13 Å². The van der Waals surface area contributed by atoms with E-state index in [9.17, 15) is 4.39 Å². The van der Waals surface area contributed by atoms with Crippen molar-refractivity contribution in [2.75, 3.05) is 6.54 Å². The van der Waals surface area contributed by atoms with Gasteiger partial charge in [0, 0.05) is 10.9 Å². The van der Waals surface area contributed by atoms with Crippen LogP contribution in [0.1, 0.15) is 30.2 Å². The molecule has 0 amide bonds. The first-order chi connectivity index (χ1) is 5.86. The van der Waals surface area contributed by atoms with Crippen molar-refractivity contribution in [2.24, 2.45) is 0 Å². The summed E-state index contributed by atoms with van der Waals surface area (Å²) in [4.78, 5) is 1.15. The van der Waals surface area contributed by atoms with E-state index in [0.29, 0.717) is 6.04 Å². The second-order valence-corrected chi connectivity index (χ2v) is 4.21. The predicted molar refractivity (Wildman–Crippen MR) is 48.9 cm³/mol. The maximum Gasteiger partial charge on any atom is 0.176 e. The highest BCUT2D eigenvalue weighted by Crippen LogP contribution is 2.27. The van der Waals surface area contributed by atoms with Gasteiger partial charge in [-0.3, -0.25) is 0 Å². The zero-order chi connectivity index (χ0) is 8.39. The van der Waals surface area contributed by atoms with E-state index in [-0.39, 0.29) is 5.13 Å². The largest absolute Gasteiger partial charge is 0.309 e. The van der Waals surface area contributed by atoms with E-state index in [2.05, 4.69) is 5.32 Å². The highest BCUT2D eigenvalue weighted by atomic mass is 32.1. The van der Waals surface area contributed by atoms with Crippen LogP contribution in [0.2, 0.25) is 0 Å². The zero-order valence-corrected chi connectivity index (χ0v) is 7.66. The second kappa shape index (κ2) is 3.54. The molecule has 0 aromatic carbocycles. The normalized spacial score (nSPS) is 24.2. The highest BCUT2D eigenvalue weighted by Gasteiger charge is 2.16. The standard InChI is InChI=1S/C9H12FNS/c10-9-5-4-8(12-9)7-3-1-2-6-11-7/h4-5,7,11H,1-3,6H2/t7-/m0/s1. The molecule has 0 bridgehead atoms. The summed E-state index contributed by atoms with van der Waals surface area (Å²) >= 11 is 1.27. The van der Waals surface area contributed by atoms with Crippen molar-refractivity contribution in [2.45, 2.75) is 25.3 Å². The van der Waals surface area contributed by atoms with Gasteiger partial charge in [-0.1, -0.05) is 6.42 Å². The number of thiophene rings is 1. The Balaban J connectivity index is 2.08. The van der Waals surface area contributed by atoms with Gasteiger partial charge in [-0.2, -0.15) is 4.39 Å². The van der Waals surface area contributed by atoms with Crippen molar-refractivity contribution >= 4 is 11.3 Å². The SMILES string of the molecule is Fc1ccc([C@@H]2CCCCN2)s1. The summed E-state index contributed by atoms with van der Waals surface area (Å²) in [6.07, 6.45) is 3.67. The zero-order valence-electron chi connectivity index (χ0n) is 6.85. The van der Waals surface area contributed by atoms with E-state index >= 15 is 0 Å². The van der Waals surface area contributed by atoms with Crippen molar-refractivity contribution in [3.8, 4) is 0 Å². The van der Waals surface area contributed by atoms with E-state index in [1.807, 2.05) is 6.07 Å². The van der Waals surface area contributed by atoms with Crippen LogP contribution in [0.3, 0.4) is 0 Å². The number of hydrogen-bond donors (Lipinski definition) is 1. The van der Waals surface area contributed by atoms with Crippen LogP contribution < -0.4 is 5.32 Å². The molecule has 0 aliphatic carbocycles. The summed E-state index contributed by atoms with van der Waals surface area (Å²) < 4.78 is 12.7. The fourth-order valence-corrected chi connectivity index (χ4v) is 2.45. The van der Waals surface area contributed by atoms with Gasteiger partial charge >= 0.3 is 0 Å². The van der Waals surface area contributed by atoms with Crippen LogP contribution in [0.4, 0.5) is 4.39 Å². The molecule has 1 fully saturated rings. The molecule has 66 valence electrons. The van der Waals surface area contributed by atoms with Gasteiger partial charge in [0.05, 0.1) is 0 Å². The fraction of sp³-hybridized carbons (Fsp3) is 0.556. The number of halogens is 1. The summed E-state index contributed by atoms with van der Waals surface area (Å²) in [6, 6.07) is 3.85. The Morgan fingerprint density at radius 3 is 2.92 bits per heavy atom. The molecule has 0 unspecified atom stereocenters. The summed E-state index contributed by atoms with van der Waals surface area (Å²) in [6.45, 7) is 1.07. The first kappa shape index (κ1) is 8.20. The minimum Gasteiger partial charge on any atom is -0.309 e. The molecule has 1 atom stereocenters. The van der Waals surface area contributed by atoms with Crippen LogP contribution in [0, 0.1) is 5.13 Å². The smallest absolute Gasteiger partial charge is 0.176 e. The lowest BCUT2D eigenvalue weighted by Gasteiger charge is -2.21. The average molecular weight is 185 g/mol. The molecule has 1 aromatic rings. The second-order valence-electron chi connectivity index (χ2n) is 3.14. The summed E-state index contributed by atoms with van der Waals surface area (Å²) in [5.41, 5.74) is 0. The van der Waals surface area contributed by atoms with Crippen LogP contribution in [-0.2, 0) is 0 Å². The molecule has 0 radical (unpaired) electrons. The van der Waals surface area contributed by atoms with E-state index < -0.39 is 0 Å². The Kier molecular flexibility index (Phi) is 2.42. The van der Waals surface area contributed by atoms with E-state index in [1.165, 1.54) is 24.2 Å². The van der Waals surface area contributed by atoms with Gasteiger partial charge in [-0.05, 0) is 31.5 Å². The molecule has 1 aromatic heterocycles. The van der Waals surface area contributed by atoms with Crippen molar-refractivity contribution in [1.29, 1.82) is 0 Å². The molecule has 1 saturated heterocycles. The van der Waals surface area contributed by atoms with Gasteiger partial charge < -0.3 is 5.32 Å². The molecule has 2 heterocycles. The monoisotopic (exact) mass is 185 g/mol. The lowest BCUT2D eigenvalue weighted by Crippen LogP contribution is -2.25. The Hall–Kier alpha value is -0.410. The lowest BCUT2D eigenvalue weighted by molar-refractivity contribution is 0.417. The van der Waals surface area contributed by atoms with E-state index in [4.69, 9.17) is 0 Å². The number of nitrogens with one attached hydrogen (secondary N) is 1. The molecule has 0 saturated carbocycles. The first-order valence-corrected chi connectivity index (χ1v) is 5.16. The minimum atomic E-state index is -0.0719. The average Bonchev–Trinajstić information content (AvgIpc) is 2.54. The molecule has 1 aliphatic rings. The third kappa shape index (κ3) is 1.67. The van der Waals surface area contributed by atoms with E-state index in [0.717, 1.165) is 17.8 Å². The van der Waals surface area contributed by atoms with Crippen LogP contribution in [-0.4, -0.2) is 6.54 Å². The molecule has 12 heavy (non-hydrogen) atoms. The van der Waals surface area contributed by atoms with Crippen molar-refractivity contribution in [1.82, 2.24) is 5.32 Å². The Morgan fingerprint density at radius 2 is 2.33 bits per heavy atom. The van der Waals surface area contributed by atoms with Crippen LogP contribution in [0.5, 0.6) is 0 Å². The molecule has 1 nitrogen and oxygen atoms in total. The molecular weight excluding hydrogens is 173 g/mol. The molecule has 1 aliphatic heterocycles. The highest BCUT2D eigenvalue weighted by molar-refractivity contribution is 7.10. The third-order valence-electron chi connectivity index (χ3n) is 2.25. The Morgan fingerprint density at radius 1 is 1.42 bits per heavy atom. The summed E-state index contributed by atoms with van der Waals surface area (Å²) in [5, 5.41) is 3.32.